The summed E-state index contributed by atoms with van der Waals surface area (Å²) in [5.74, 6) is -0.646. The molecule has 0 amide bonds. The molecule has 0 N–H and O–H groups in total. The summed E-state index contributed by atoms with van der Waals surface area (Å²) in [5.41, 5.74) is -1.58. The Labute approximate surface area is 441 Å². The summed E-state index contributed by atoms with van der Waals surface area (Å²) in [4.78, 5) is 15.5. The third kappa shape index (κ3) is 8.99. The number of imidazole rings is 1. The fourth-order valence-corrected chi connectivity index (χ4v) is 12.2. The van der Waals surface area contributed by atoms with Crippen LogP contribution >= 0.6 is 11.3 Å². The molecule has 0 aliphatic rings. The van der Waals surface area contributed by atoms with E-state index in [0.29, 0.717) is 22.5 Å². The average molecular weight is 1160 g/mol. The third-order valence-electron chi connectivity index (χ3n) is 12.2. The Hall–Kier alpha value is -6.54. The zero-order chi connectivity index (χ0) is 56.6. The number of hydrogen-bond acceptors (Lipinski definition) is 4. The van der Waals surface area contributed by atoms with Gasteiger partial charge in [-0.3, -0.25) is 4.98 Å². The number of thiophene rings is 1. The van der Waals surface area contributed by atoms with E-state index < -0.39 is 42.6 Å². The zero-order valence-electron chi connectivity index (χ0n) is 49.5. The van der Waals surface area contributed by atoms with Crippen LogP contribution in [0.3, 0.4) is 0 Å². The van der Waals surface area contributed by atoms with E-state index in [1.165, 1.54) is 19.9 Å². The van der Waals surface area contributed by atoms with E-state index in [4.69, 9.17) is 26.4 Å². The molecule has 12 rings (SSSR count). The van der Waals surface area contributed by atoms with Crippen molar-refractivity contribution in [1.82, 2.24) is 19.5 Å². The molecule has 4 aromatic heterocycles. The molecule has 0 bridgehead atoms. The van der Waals surface area contributed by atoms with E-state index >= 15 is 0 Å². The number of rotatable bonds is 8. The van der Waals surface area contributed by atoms with Gasteiger partial charge in [0, 0.05) is 51.2 Å². The van der Waals surface area contributed by atoms with Gasteiger partial charge in [-0.05, 0) is 44.1 Å². The van der Waals surface area contributed by atoms with E-state index in [-0.39, 0.29) is 30.1 Å². The smallest absolute Gasteiger partial charge is 0.114 e. The summed E-state index contributed by atoms with van der Waals surface area (Å²) in [6.07, 6.45) is -0.676. The first-order valence-electron chi connectivity index (χ1n) is 28.3. The van der Waals surface area contributed by atoms with Gasteiger partial charge in [-0.1, -0.05) is 144 Å². The summed E-state index contributed by atoms with van der Waals surface area (Å²) in [5, 5.41) is 6.54. The molecule has 0 unspecified atom stereocenters. The van der Waals surface area contributed by atoms with Gasteiger partial charge in [0.25, 0.3) is 0 Å². The van der Waals surface area contributed by atoms with Gasteiger partial charge in [-0.25, -0.2) is 4.98 Å². The summed E-state index contributed by atoms with van der Waals surface area (Å²) < 4.78 is 102. The molecule has 8 aromatic carbocycles. The normalized spacial score (nSPS) is 15.1. The Morgan fingerprint density at radius 1 is 0.681 bits per heavy atom. The van der Waals surface area contributed by atoms with E-state index in [0.717, 1.165) is 87.3 Å². The van der Waals surface area contributed by atoms with Crippen molar-refractivity contribution in [2.45, 2.75) is 43.2 Å². The molecular formula is C62H50GeIrN4S-2. The predicted molar refractivity (Wildman–Crippen MR) is 291 cm³/mol. The molecule has 0 fully saturated rings. The largest absolute Gasteiger partial charge is 0.332 e. The van der Waals surface area contributed by atoms with Crippen LogP contribution in [0.2, 0.25) is 17.1 Å². The number of pyridine rings is 2. The van der Waals surface area contributed by atoms with Gasteiger partial charge in [-0.15, -0.1) is 18.2 Å². The van der Waals surface area contributed by atoms with Gasteiger partial charge < -0.3 is 4.57 Å². The number of nitrogens with zero attached hydrogens (tertiary/aromatic N) is 4. The SMILES string of the molecule is [2H]C(C)(C)c1cc(-c2[c-]cccc2)nc[c]1[Ge]([C]([2H])([2H])[2H])([C]([2H])([2H])[2H])[C]([2H])([2H])[2H].[2H]C([2H])(c1ccccc1)c1ccc2c(n1)sc1c(-c3nc4c5ccccc5ccc4n3-c3c(-c4ccccc4)ccc4ccccc34)[c-]ccc12.[Ir]. The van der Waals surface area contributed by atoms with Gasteiger partial charge in [0.05, 0.1) is 22.5 Å². The van der Waals surface area contributed by atoms with E-state index in [1.807, 2.05) is 48.5 Å². The zero-order valence-corrected chi connectivity index (χ0v) is 42.8. The molecule has 0 saturated carbocycles. The second kappa shape index (κ2) is 19.5. The first-order chi connectivity index (χ1) is 38.0. The van der Waals surface area contributed by atoms with Crippen LogP contribution in [0.5, 0.6) is 0 Å². The van der Waals surface area contributed by atoms with Crippen LogP contribution in [0.15, 0.2) is 194 Å². The molecular weight excluding hydrogens is 1100 g/mol. The minimum absolute atomic E-state index is 0. The third-order valence-corrected chi connectivity index (χ3v) is 15.8. The molecule has 4 heterocycles. The van der Waals surface area contributed by atoms with Crippen LogP contribution in [0.4, 0.5) is 0 Å². The first kappa shape index (κ1) is 33.9. The molecule has 0 spiro atoms. The predicted octanol–water partition coefficient (Wildman–Crippen LogP) is 16.0. The number of fused-ring (bicyclic) bond motifs is 7. The standard InChI is InChI=1S/C45H28N3S.C17H22GeN.Ir/c1-3-12-29(13-4-1)28-33-24-26-38-37-20-11-21-39(43(37)49-45(38)46-33)44-47-41-34-18-9-7-16-31(34)23-27-40(41)48(44)42-35-19-10-8-17-32(35)22-25-36(42)30-14-5-2-6-15-30;1-13(2)15-11-17(14-9-7-6-8-10-14)19-12-16(15)18(3,4)5;/h1-20,22-27H,28H2;6-9,11-13H,1-5H3;/q2*-1;/i28D2;3D3,4D3,5D3,13D;. The second-order valence-electron chi connectivity index (χ2n) is 16.9. The molecule has 69 heavy (non-hydrogen) atoms. The van der Waals surface area contributed by atoms with Crippen LogP contribution in [0.25, 0.3) is 92.3 Å². The van der Waals surface area contributed by atoms with Crippen LogP contribution < -0.4 is 4.40 Å². The number of aromatic nitrogens is 4. The second-order valence-corrected chi connectivity index (χ2v) is 22.1. The Kier molecular flexibility index (Phi) is 9.55. The molecule has 0 aliphatic heterocycles. The van der Waals surface area contributed by atoms with Crippen molar-refractivity contribution in [3.8, 4) is 39.5 Å². The van der Waals surface area contributed by atoms with Crippen molar-refractivity contribution in [2.75, 3.05) is 0 Å². The van der Waals surface area contributed by atoms with Crippen molar-refractivity contribution in [3.63, 3.8) is 0 Å². The fourth-order valence-electron chi connectivity index (χ4n) is 8.95. The molecule has 7 heteroatoms. The van der Waals surface area contributed by atoms with Crippen molar-refractivity contribution >= 4 is 81.9 Å². The Morgan fingerprint density at radius 3 is 2.14 bits per heavy atom. The number of benzene rings is 8. The topological polar surface area (TPSA) is 43.6 Å². The van der Waals surface area contributed by atoms with Crippen molar-refractivity contribution in [1.29, 1.82) is 0 Å². The quantitative estimate of drug-likeness (QED) is 0.112. The van der Waals surface area contributed by atoms with E-state index in [2.05, 4.69) is 131 Å². The van der Waals surface area contributed by atoms with Gasteiger partial charge in [0.1, 0.15) is 4.83 Å². The van der Waals surface area contributed by atoms with Crippen LogP contribution in [-0.2, 0) is 26.5 Å². The molecule has 0 aliphatic carbocycles. The van der Waals surface area contributed by atoms with Crippen molar-refractivity contribution < 1.29 is 36.6 Å². The molecule has 0 atom stereocenters. The summed E-state index contributed by atoms with van der Waals surface area (Å²) in [6.45, 7) is 2.94. The summed E-state index contributed by atoms with van der Waals surface area (Å²) in [7, 11) is 0. The van der Waals surface area contributed by atoms with Gasteiger partial charge in [-0.2, -0.15) is 11.3 Å². The maximum absolute atomic E-state index is 8.99. The minimum atomic E-state index is -5.96. The van der Waals surface area contributed by atoms with Crippen molar-refractivity contribution in [2.24, 2.45) is 0 Å². The average Bonchev–Trinajstić information content (AvgIpc) is 2.03. The van der Waals surface area contributed by atoms with Gasteiger partial charge in [0.15, 0.2) is 0 Å². The first-order valence-corrected chi connectivity index (χ1v) is 27.3. The van der Waals surface area contributed by atoms with E-state index in [9.17, 15) is 0 Å². The van der Waals surface area contributed by atoms with Crippen LogP contribution in [0.1, 0.15) is 53.0 Å². The van der Waals surface area contributed by atoms with Crippen LogP contribution in [-0.4, -0.2) is 32.8 Å². The summed E-state index contributed by atoms with van der Waals surface area (Å²) >= 11 is -4.40. The van der Waals surface area contributed by atoms with Gasteiger partial charge >= 0.3 is 133 Å². The monoisotopic (exact) mass is 1160 g/mol. The van der Waals surface area contributed by atoms with E-state index in [1.54, 1.807) is 35.6 Å². The molecule has 339 valence electrons. The number of hydrogen-bond donors (Lipinski definition) is 0. The minimum Gasteiger partial charge on any atom is -0.332 e. The Bertz CT molecular complexity index is 4260. The van der Waals surface area contributed by atoms with Crippen LogP contribution in [0, 0.1) is 12.1 Å². The van der Waals surface area contributed by atoms with Crippen molar-refractivity contribution in [3.05, 3.63) is 223 Å². The summed E-state index contributed by atoms with van der Waals surface area (Å²) in [6, 6.07) is 68.4. The molecule has 0 saturated heterocycles. The maximum atomic E-state index is 8.99. The van der Waals surface area contributed by atoms with Gasteiger partial charge in [0.2, 0.25) is 0 Å². The Balaban J connectivity index is 0.000000211. The fraction of sp³-hybridized carbons (Fsp3) is 0.113. The maximum Gasteiger partial charge on any atom is 0.114 e. The molecule has 12 aromatic rings. The molecule has 4 nitrogen and oxygen atoms in total. The molecule has 1 radical (unpaired) electrons. The Morgan fingerprint density at radius 2 is 1.39 bits per heavy atom.